The van der Waals surface area contributed by atoms with E-state index in [-0.39, 0.29) is 17.5 Å². The van der Waals surface area contributed by atoms with Crippen molar-refractivity contribution in [2.45, 2.75) is 50.9 Å². The van der Waals surface area contributed by atoms with Crippen LogP contribution in [0.1, 0.15) is 39.5 Å². The molecule has 2 aliphatic heterocycles. The van der Waals surface area contributed by atoms with Gasteiger partial charge >= 0.3 is 5.97 Å². The van der Waals surface area contributed by atoms with Gasteiger partial charge in [0.15, 0.2) is 5.79 Å². The highest BCUT2D eigenvalue weighted by Gasteiger charge is 2.78. The van der Waals surface area contributed by atoms with Crippen LogP contribution in [0.2, 0.25) is 0 Å². The minimum Gasteiger partial charge on any atom is -0.465 e. The Labute approximate surface area is 94.9 Å². The molecule has 0 aromatic rings. The van der Waals surface area contributed by atoms with Crippen LogP contribution in [0.25, 0.3) is 0 Å². The van der Waals surface area contributed by atoms with Crippen LogP contribution in [0, 0.1) is 11.3 Å². The van der Waals surface area contributed by atoms with Crippen LogP contribution in [0.5, 0.6) is 0 Å². The van der Waals surface area contributed by atoms with Crippen LogP contribution in [0.3, 0.4) is 0 Å². The number of carbonyl (C=O) groups is 1. The van der Waals surface area contributed by atoms with Gasteiger partial charge in [-0.25, -0.2) is 0 Å². The summed E-state index contributed by atoms with van der Waals surface area (Å²) >= 11 is 0. The Morgan fingerprint density at radius 1 is 1.62 bits per heavy atom. The minimum atomic E-state index is -1.26. The second-order valence-electron chi connectivity index (χ2n) is 5.67. The maximum atomic E-state index is 12.1. The summed E-state index contributed by atoms with van der Waals surface area (Å²) in [5, 5.41) is 10.6. The fourth-order valence-electron chi connectivity index (χ4n) is 4.10. The highest BCUT2D eigenvalue weighted by Crippen LogP contribution is 2.69. The van der Waals surface area contributed by atoms with E-state index >= 15 is 0 Å². The zero-order valence-electron chi connectivity index (χ0n) is 9.78. The third kappa shape index (κ3) is 0.955. The first-order valence-electron chi connectivity index (χ1n) is 6.06. The van der Waals surface area contributed by atoms with Crippen LogP contribution < -0.4 is 0 Å². The second kappa shape index (κ2) is 2.79. The summed E-state index contributed by atoms with van der Waals surface area (Å²) in [5.41, 5.74) is -1.12. The summed E-state index contributed by atoms with van der Waals surface area (Å²) in [5.74, 6) is -1.42. The Morgan fingerprint density at radius 2 is 2.38 bits per heavy atom. The molecule has 3 fully saturated rings. The zero-order chi connectivity index (χ0) is 11.6. The molecule has 2 bridgehead atoms. The Bertz CT molecular complexity index is 355. The maximum absolute atomic E-state index is 12.1. The first kappa shape index (κ1) is 10.5. The maximum Gasteiger partial charge on any atom is 0.317 e. The summed E-state index contributed by atoms with van der Waals surface area (Å²) in [6.45, 7) is 4.14. The van der Waals surface area contributed by atoms with Gasteiger partial charge in [0.05, 0.1) is 12.2 Å². The topological polar surface area (TPSA) is 55.8 Å². The van der Waals surface area contributed by atoms with Crippen molar-refractivity contribution in [2.75, 3.05) is 6.61 Å². The molecule has 4 nitrogen and oxygen atoms in total. The van der Waals surface area contributed by atoms with Crippen LogP contribution in [0.15, 0.2) is 0 Å². The average molecular weight is 226 g/mol. The van der Waals surface area contributed by atoms with Crippen LogP contribution >= 0.6 is 0 Å². The Morgan fingerprint density at radius 3 is 3.00 bits per heavy atom. The highest BCUT2D eigenvalue weighted by molar-refractivity contribution is 5.80. The quantitative estimate of drug-likeness (QED) is 0.719. The molecule has 90 valence electrons. The van der Waals surface area contributed by atoms with E-state index in [1.807, 2.05) is 6.92 Å². The first-order chi connectivity index (χ1) is 7.46. The van der Waals surface area contributed by atoms with Gasteiger partial charge in [-0.15, -0.1) is 0 Å². The summed E-state index contributed by atoms with van der Waals surface area (Å²) in [4.78, 5) is 12.1. The van der Waals surface area contributed by atoms with Crippen molar-refractivity contribution >= 4 is 5.97 Å². The van der Waals surface area contributed by atoms with Gasteiger partial charge in [-0.05, 0) is 39.5 Å². The summed E-state index contributed by atoms with van der Waals surface area (Å²) in [6.07, 6.45) is 3.03. The fraction of sp³-hybridized carbons (Fsp3) is 0.917. The molecule has 0 aromatic carbocycles. The third-order valence-electron chi connectivity index (χ3n) is 4.58. The number of aliphatic hydroxyl groups is 1. The molecule has 1 N–H and O–H groups in total. The van der Waals surface area contributed by atoms with Gasteiger partial charge in [-0.1, -0.05) is 0 Å². The zero-order valence-corrected chi connectivity index (χ0v) is 9.78. The summed E-state index contributed by atoms with van der Waals surface area (Å²) in [6, 6.07) is 0. The number of esters is 1. The van der Waals surface area contributed by atoms with Gasteiger partial charge in [0, 0.05) is 5.92 Å². The minimum absolute atomic E-state index is 0.107. The fourth-order valence-corrected chi connectivity index (χ4v) is 4.10. The third-order valence-corrected chi connectivity index (χ3v) is 4.58. The molecule has 1 saturated carbocycles. The van der Waals surface area contributed by atoms with E-state index in [0.29, 0.717) is 19.4 Å². The SMILES string of the molecule is CCOC(=O)[C@]12CC[C@@H]3C[C@@](C)(C1)O[C@]32O. The van der Waals surface area contributed by atoms with E-state index in [2.05, 4.69) is 0 Å². The van der Waals surface area contributed by atoms with Gasteiger partial charge in [-0.3, -0.25) is 4.79 Å². The Hall–Kier alpha value is -0.610. The van der Waals surface area contributed by atoms with E-state index in [0.717, 1.165) is 12.8 Å². The lowest BCUT2D eigenvalue weighted by Crippen LogP contribution is -2.50. The average Bonchev–Trinajstić information content (AvgIpc) is 2.59. The number of hydrogen-bond donors (Lipinski definition) is 1. The lowest BCUT2D eigenvalue weighted by Gasteiger charge is -2.35. The van der Waals surface area contributed by atoms with Crippen molar-refractivity contribution in [3.05, 3.63) is 0 Å². The smallest absolute Gasteiger partial charge is 0.317 e. The molecule has 4 heteroatoms. The molecule has 2 heterocycles. The molecule has 16 heavy (non-hydrogen) atoms. The standard InChI is InChI=1S/C12H18O4/c1-3-15-9(13)11-5-4-8-6-10(2,7-11)16-12(8,11)14/h8,14H,3-7H2,1-2H3/t8-,10+,11+,12-/m1/s1. The van der Waals surface area contributed by atoms with E-state index in [9.17, 15) is 9.90 Å². The molecular weight excluding hydrogens is 208 g/mol. The molecule has 3 rings (SSSR count). The molecular formula is C12H18O4. The van der Waals surface area contributed by atoms with Crippen LogP contribution in [0.4, 0.5) is 0 Å². The van der Waals surface area contributed by atoms with E-state index < -0.39 is 11.2 Å². The van der Waals surface area contributed by atoms with E-state index in [1.54, 1.807) is 6.92 Å². The van der Waals surface area contributed by atoms with Crippen molar-refractivity contribution < 1.29 is 19.4 Å². The normalized spacial score (nSPS) is 53.3. The van der Waals surface area contributed by atoms with Gasteiger partial charge in [0.1, 0.15) is 5.41 Å². The van der Waals surface area contributed by atoms with E-state index in [1.165, 1.54) is 0 Å². The highest BCUT2D eigenvalue weighted by atomic mass is 16.7. The molecule has 0 radical (unpaired) electrons. The number of ether oxygens (including phenoxy) is 2. The lowest BCUT2D eigenvalue weighted by molar-refractivity contribution is -0.233. The van der Waals surface area contributed by atoms with Crippen molar-refractivity contribution in [2.24, 2.45) is 11.3 Å². The molecule has 0 aromatic heterocycles. The number of carbonyl (C=O) groups excluding carboxylic acids is 1. The molecule has 0 amide bonds. The Kier molecular flexibility index (Phi) is 1.84. The number of fused-ring (bicyclic) bond motifs is 1. The van der Waals surface area contributed by atoms with Gasteiger partial charge in [0.25, 0.3) is 0 Å². The monoisotopic (exact) mass is 226 g/mol. The van der Waals surface area contributed by atoms with Gasteiger partial charge in [-0.2, -0.15) is 0 Å². The van der Waals surface area contributed by atoms with Crippen molar-refractivity contribution in [1.82, 2.24) is 0 Å². The predicted octanol–water partition coefficient (Wildman–Crippen LogP) is 1.22. The molecule has 2 saturated heterocycles. The van der Waals surface area contributed by atoms with Crippen molar-refractivity contribution in [1.29, 1.82) is 0 Å². The van der Waals surface area contributed by atoms with Gasteiger partial charge in [0.2, 0.25) is 0 Å². The lowest BCUT2D eigenvalue weighted by atomic mass is 9.69. The van der Waals surface area contributed by atoms with Crippen molar-refractivity contribution in [3.8, 4) is 0 Å². The van der Waals surface area contributed by atoms with Crippen molar-refractivity contribution in [3.63, 3.8) is 0 Å². The summed E-state index contributed by atoms with van der Waals surface area (Å²) < 4.78 is 10.9. The van der Waals surface area contributed by atoms with Crippen LogP contribution in [-0.2, 0) is 14.3 Å². The Balaban J connectivity index is 2.01. The molecule has 0 unspecified atom stereocenters. The van der Waals surface area contributed by atoms with E-state index in [4.69, 9.17) is 9.47 Å². The first-order valence-corrected chi connectivity index (χ1v) is 6.06. The predicted molar refractivity (Wildman–Crippen MR) is 55.5 cm³/mol. The summed E-state index contributed by atoms with van der Waals surface area (Å²) in [7, 11) is 0. The largest absolute Gasteiger partial charge is 0.465 e. The number of hydrogen-bond acceptors (Lipinski definition) is 4. The van der Waals surface area contributed by atoms with Crippen LogP contribution in [-0.4, -0.2) is 29.1 Å². The molecule has 3 aliphatic rings. The van der Waals surface area contributed by atoms with Gasteiger partial charge < -0.3 is 14.6 Å². The molecule has 0 spiro atoms. The molecule has 1 aliphatic carbocycles. The number of rotatable bonds is 2. The second-order valence-corrected chi connectivity index (χ2v) is 5.67. The molecule has 4 atom stereocenters.